The molecule has 33 heavy (non-hydrogen) atoms. The van der Waals surface area contributed by atoms with Crippen LogP contribution in [0.15, 0.2) is 140 Å². The number of rotatable bonds is 6. The van der Waals surface area contributed by atoms with E-state index in [0.717, 1.165) is 16.8 Å². The van der Waals surface area contributed by atoms with Crippen LogP contribution in [0, 0.1) is 0 Å². The highest BCUT2D eigenvalue weighted by Gasteiger charge is 2.24. The topological polar surface area (TPSA) is 26.0 Å². The second-order valence-electron chi connectivity index (χ2n) is 8.36. The number of anilines is 1. The summed E-state index contributed by atoms with van der Waals surface area (Å²) in [7, 11) is 0. The number of hydrogen-bond donors (Lipinski definition) is 1. The summed E-state index contributed by atoms with van der Waals surface area (Å²) in [5.41, 5.74) is 15.1. The van der Waals surface area contributed by atoms with Crippen molar-refractivity contribution in [2.75, 3.05) is 5.73 Å². The summed E-state index contributed by atoms with van der Waals surface area (Å²) >= 11 is 0. The lowest BCUT2D eigenvalue weighted by molar-refractivity contribution is 0.946. The Morgan fingerprint density at radius 2 is 0.606 bits per heavy atom. The predicted molar refractivity (Wildman–Crippen MR) is 139 cm³/mol. The number of para-hydroxylation sites is 1. The second kappa shape index (κ2) is 9.58. The van der Waals surface area contributed by atoms with Crippen molar-refractivity contribution in [3.63, 3.8) is 0 Å². The first-order valence-corrected chi connectivity index (χ1v) is 11.4. The molecule has 0 aliphatic heterocycles. The molecule has 1 heteroatoms. The average molecular weight is 426 g/mol. The smallest absolute Gasteiger partial charge is 0.0398 e. The predicted octanol–water partition coefficient (Wildman–Crippen LogP) is 7.63. The minimum absolute atomic E-state index is 0.0690. The van der Waals surface area contributed by atoms with Gasteiger partial charge in [0.05, 0.1) is 0 Å². The molecular formula is C32H27N. The molecule has 0 fully saturated rings. The van der Waals surface area contributed by atoms with Crippen molar-refractivity contribution in [1.82, 2.24) is 0 Å². The van der Waals surface area contributed by atoms with Crippen LogP contribution in [0.1, 0.15) is 45.2 Å². The lowest BCUT2D eigenvalue weighted by atomic mass is 9.79. The minimum Gasteiger partial charge on any atom is -0.398 e. The van der Waals surface area contributed by atoms with E-state index < -0.39 is 0 Å². The van der Waals surface area contributed by atoms with Gasteiger partial charge in [-0.3, -0.25) is 0 Å². The van der Waals surface area contributed by atoms with Crippen LogP contribution in [-0.2, 0) is 0 Å². The largest absolute Gasteiger partial charge is 0.398 e. The highest BCUT2D eigenvalue weighted by molar-refractivity contribution is 5.64. The van der Waals surface area contributed by atoms with Crippen molar-refractivity contribution < 1.29 is 0 Å². The molecule has 0 radical (unpaired) electrons. The molecule has 2 N–H and O–H groups in total. The highest BCUT2D eigenvalue weighted by atomic mass is 14.6. The Hall–Kier alpha value is -4.10. The lowest BCUT2D eigenvalue weighted by Gasteiger charge is -2.26. The first-order chi connectivity index (χ1) is 16.3. The third-order valence-electron chi connectivity index (χ3n) is 6.33. The monoisotopic (exact) mass is 425 g/mol. The zero-order chi connectivity index (χ0) is 22.5. The molecule has 0 heterocycles. The SMILES string of the molecule is Nc1c(C(c2ccccc2)c2ccccc2)cccc1C(c1ccccc1)c1ccccc1. The van der Waals surface area contributed by atoms with Gasteiger partial charge in [0.1, 0.15) is 0 Å². The maximum atomic E-state index is 7.03. The highest BCUT2D eigenvalue weighted by Crippen LogP contribution is 2.41. The van der Waals surface area contributed by atoms with Crippen LogP contribution >= 0.6 is 0 Å². The molecule has 0 aliphatic rings. The first-order valence-electron chi connectivity index (χ1n) is 11.4. The summed E-state index contributed by atoms with van der Waals surface area (Å²) in [4.78, 5) is 0. The van der Waals surface area contributed by atoms with Gasteiger partial charge in [0.15, 0.2) is 0 Å². The van der Waals surface area contributed by atoms with Crippen LogP contribution < -0.4 is 5.73 Å². The third-order valence-corrected chi connectivity index (χ3v) is 6.33. The molecule has 0 aliphatic carbocycles. The molecule has 160 valence electrons. The summed E-state index contributed by atoms with van der Waals surface area (Å²) in [5.74, 6) is 0.138. The van der Waals surface area contributed by atoms with Crippen LogP contribution in [0.4, 0.5) is 5.69 Å². The van der Waals surface area contributed by atoms with Crippen LogP contribution in [0.25, 0.3) is 0 Å². The molecule has 0 unspecified atom stereocenters. The van der Waals surface area contributed by atoms with E-state index in [1.807, 2.05) is 0 Å². The Morgan fingerprint density at radius 1 is 0.333 bits per heavy atom. The summed E-state index contributed by atoms with van der Waals surface area (Å²) in [5, 5.41) is 0. The van der Waals surface area contributed by atoms with Crippen LogP contribution in [0.5, 0.6) is 0 Å². The van der Waals surface area contributed by atoms with Crippen molar-refractivity contribution in [2.45, 2.75) is 11.8 Å². The molecular weight excluding hydrogens is 398 g/mol. The van der Waals surface area contributed by atoms with Gasteiger partial charge in [0, 0.05) is 17.5 Å². The normalized spacial score (nSPS) is 11.1. The van der Waals surface area contributed by atoms with Crippen molar-refractivity contribution in [3.8, 4) is 0 Å². The van der Waals surface area contributed by atoms with Crippen LogP contribution in [0.3, 0.4) is 0 Å². The van der Waals surface area contributed by atoms with E-state index in [2.05, 4.69) is 140 Å². The average Bonchev–Trinajstić information content (AvgIpc) is 2.89. The van der Waals surface area contributed by atoms with E-state index in [9.17, 15) is 0 Å². The molecule has 5 rings (SSSR count). The van der Waals surface area contributed by atoms with E-state index in [1.165, 1.54) is 22.3 Å². The van der Waals surface area contributed by atoms with Crippen molar-refractivity contribution in [2.24, 2.45) is 0 Å². The van der Waals surface area contributed by atoms with E-state index in [-0.39, 0.29) is 11.8 Å². The van der Waals surface area contributed by atoms with Crippen LogP contribution in [-0.4, -0.2) is 0 Å². The third kappa shape index (κ3) is 4.31. The maximum absolute atomic E-state index is 7.03. The van der Waals surface area contributed by atoms with E-state index in [0.29, 0.717) is 0 Å². The fourth-order valence-corrected chi connectivity index (χ4v) is 4.79. The summed E-state index contributed by atoms with van der Waals surface area (Å²) in [6, 6.07) is 49.1. The van der Waals surface area contributed by atoms with Gasteiger partial charge in [-0.1, -0.05) is 140 Å². The molecule has 0 amide bonds. The Labute approximate surface area is 196 Å². The summed E-state index contributed by atoms with van der Waals surface area (Å²) in [6.45, 7) is 0. The molecule has 1 nitrogen and oxygen atoms in total. The molecule has 0 saturated heterocycles. The Kier molecular flexibility index (Phi) is 6.04. The molecule has 0 bridgehead atoms. The fraction of sp³-hybridized carbons (Fsp3) is 0.0625. The minimum atomic E-state index is 0.0690. The van der Waals surface area contributed by atoms with Gasteiger partial charge >= 0.3 is 0 Å². The molecule has 0 aromatic heterocycles. The molecule has 5 aromatic rings. The maximum Gasteiger partial charge on any atom is 0.0398 e. The van der Waals surface area contributed by atoms with Gasteiger partial charge in [-0.05, 0) is 33.4 Å². The quantitative estimate of drug-likeness (QED) is 0.220. The summed E-state index contributed by atoms with van der Waals surface area (Å²) < 4.78 is 0. The lowest BCUT2D eigenvalue weighted by Crippen LogP contribution is -2.12. The van der Waals surface area contributed by atoms with Gasteiger partial charge in [0.25, 0.3) is 0 Å². The molecule has 0 spiro atoms. The first kappa shape index (κ1) is 20.8. The van der Waals surface area contributed by atoms with E-state index >= 15 is 0 Å². The molecule has 0 atom stereocenters. The summed E-state index contributed by atoms with van der Waals surface area (Å²) in [6.07, 6.45) is 0. The fourth-order valence-electron chi connectivity index (χ4n) is 4.79. The number of hydrogen-bond acceptors (Lipinski definition) is 1. The Balaban J connectivity index is 1.70. The number of nitrogen functional groups attached to an aromatic ring is 1. The van der Waals surface area contributed by atoms with Crippen molar-refractivity contribution in [1.29, 1.82) is 0 Å². The van der Waals surface area contributed by atoms with E-state index in [4.69, 9.17) is 5.73 Å². The van der Waals surface area contributed by atoms with Gasteiger partial charge < -0.3 is 5.73 Å². The Bertz CT molecular complexity index is 1120. The van der Waals surface area contributed by atoms with Gasteiger partial charge in [-0.25, -0.2) is 0 Å². The zero-order valence-electron chi connectivity index (χ0n) is 18.5. The molecule has 5 aromatic carbocycles. The van der Waals surface area contributed by atoms with Crippen molar-refractivity contribution in [3.05, 3.63) is 173 Å². The van der Waals surface area contributed by atoms with Gasteiger partial charge in [0.2, 0.25) is 0 Å². The van der Waals surface area contributed by atoms with E-state index in [1.54, 1.807) is 0 Å². The standard InChI is InChI=1S/C32H27N/c33-32-28(30(24-14-5-1-6-15-24)25-16-7-2-8-17-25)22-13-23-29(32)31(26-18-9-3-10-19-26)27-20-11-4-12-21-27/h1-23,30-31H,33H2. The zero-order valence-corrected chi connectivity index (χ0v) is 18.5. The second-order valence-corrected chi connectivity index (χ2v) is 8.36. The molecule has 0 saturated carbocycles. The van der Waals surface area contributed by atoms with Crippen LogP contribution in [0.2, 0.25) is 0 Å². The number of benzene rings is 5. The van der Waals surface area contributed by atoms with Crippen molar-refractivity contribution >= 4 is 5.69 Å². The van der Waals surface area contributed by atoms with Gasteiger partial charge in [-0.15, -0.1) is 0 Å². The number of nitrogens with two attached hydrogens (primary N) is 1. The Morgan fingerprint density at radius 3 is 0.879 bits per heavy atom. The van der Waals surface area contributed by atoms with Gasteiger partial charge in [-0.2, -0.15) is 0 Å².